The van der Waals surface area contributed by atoms with Gasteiger partial charge in [0, 0.05) is 39.3 Å². The van der Waals surface area contributed by atoms with Crippen LogP contribution in [-0.4, -0.2) is 81.0 Å². The molecule has 0 aromatic heterocycles. The summed E-state index contributed by atoms with van der Waals surface area (Å²) in [7, 11) is -3.28. The van der Waals surface area contributed by atoms with Gasteiger partial charge in [-0.05, 0) is 13.0 Å². The van der Waals surface area contributed by atoms with Gasteiger partial charge in [0.2, 0.25) is 0 Å². The van der Waals surface area contributed by atoms with E-state index in [-0.39, 0.29) is 0 Å². The molecule has 0 amide bonds. The molecular weight excluding hydrogens is 290 g/mol. The molecule has 0 bridgehead atoms. The minimum Gasteiger partial charge on any atom is -0.379 e. The Labute approximate surface area is 129 Å². The zero-order valence-corrected chi connectivity index (χ0v) is 14.0. The average molecular weight is 319 g/mol. The van der Waals surface area contributed by atoms with Crippen molar-refractivity contribution in [2.75, 3.05) is 59.0 Å². The van der Waals surface area contributed by atoms with Crippen molar-refractivity contribution in [1.29, 1.82) is 0 Å². The lowest BCUT2D eigenvalue weighted by molar-refractivity contribution is 0.0685. The maximum absolute atomic E-state index is 12.5. The standard InChI is InChI=1S/C14H29N3O3S/c1-2-3-4-5-6-15-7-9-16(10-8-15)21(18,19)17-11-13-20-14-12-17/h2-14H2,1H3. The van der Waals surface area contributed by atoms with Crippen molar-refractivity contribution in [2.24, 2.45) is 0 Å². The van der Waals surface area contributed by atoms with E-state index in [9.17, 15) is 8.42 Å². The van der Waals surface area contributed by atoms with E-state index in [1.165, 1.54) is 25.7 Å². The van der Waals surface area contributed by atoms with Crippen molar-refractivity contribution in [3.05, 3.63) is 0 Å². The largest absolute Gasteiger partial charge is 0.379 e. The second kappa shape index (κ2) is 8.43. The first-order valence-electron chi connectivity index (χ1n) is 8.20. The highest BCUT2D eigenvalue weighted by molar-refractivity contribution is 7.86. The molecular formula is C14H29N3O3S. The smallest absolute Gasteiger partial charge is 0.282 e. The minimum atomic E-state index is -3.28. The summed E-state index contributed by atoms with van der Waals surface area (Å²) in [6.45, 7) is 8.26. The second-order valence-electron chi connectivity index (χ2n) is 5.82. The Balaban J connectivity index is 1.74. The predicted molar refractivity (Wildman–Crippen MR) is 83.5 cm³/mol. The first kappa shape index (κ1) is 17.1. The molecule has 0 atom stereocenters. The van der Waals surface area contributed by atoms with Crippen LogP contribution in [0.2, 0.25) is 0 Å². The van der Waals surface area contributed by atoms with E-state index in [1.807, 2.05) is 0 Å². The van der Waals surface area contributed by atoms with Gasteiger partial charge in [-0.3, -0.25) is 0 Å². The first-order valence-corrected chi connectivity index (χ1v) is 9.59. The van der Waals surface area contributed by atoms with Crippen molar-refractivity contribution in [3.8, 4) is 0 Å². The Bertz CT molecular complexity index is 388. The molecule has 21 heavy (non-hydrogen) atoms. The lowest BCUT2D eigenvalue weighted by Crippen LogP contribution is -2.54. The van der Waals surface area contributed by atoms with Crippen LogP contribution in [0, 0.1) is 0 Å². The van der Waals surface area contributed by atoms with Gasteiger partial charge in [0.05, 0.1) is 13.2 Å². The third-order valence-corrected chi connectivity index (χ3v) is 6.32. The molecule has 0 aromatic rings. The number of morpholine rings is 1. The number of piperazine rings is 1. The fourth-order valence-electron chi connectivity index (χ4n) is 2.89. The third kappa shape index (κ3) is 4.89. The summed E-state index contributed by atoms with van der Waals surface area (Å²) in [6.07, 6.45) is 5.06. The van der Waals surface area contributed by atoms with E-state index in [2.05, 4.69) is 11.8 Å². The van der Waals surface area contributed by atoms with Crippen LogP contribution in [0.25, 0.3) is 0 Å². The third-order valence-electron chi connectivity index (χ3n) is 4.28. The number of unbranched alkanes of at least 4 members (excludes halogenated alkanes) is 3. The van der Waals surface area contributed by atoms with Gasteiger partial charge in [-0.2, -0.15) is 17.0 Å². The number of hydrogen-bond acceptors (Lipinski definition) is 4. The van der Waals surface area contributed by atoms with Gasteiger partial charge >= 0.3 is 0 Å². The van der Waals surface area contributed by atoms with E-state index in [0.717, 1.165) is 19.6 Å². The molecule has 2 fully saturated rings. The molecule has 0 aliphatic carbocycles. The summed E-state index contributed by atoms with van der Waals surface area (Å²) < 4.78 is 33.5. The number of nitrogens with zero attached hydrogens (tertiary/aromatic N) is 3. The van der Waals surface area contributed by atoms with Gasteiger partial charge in [-0.15, -0.1) is 0 Å². The molecule has 6 nitrogen and oxygen atoms in total. The Morgan fingerprint density at radius 1 is 0.857 bits per heavy atom. The molecule has 2 aliphatic heterocycles. The molecule has 0 unspecified atom stereocenters. The second-order valence-corrected chi connectivity index (χ2v) is 7.75. The minimum absolute atomic E-state index is 0.486. The zero-order chi connectivity index (χ0) is 15.1. The van der Waals surface area contributed by atoms with Crippen molar-refractivity contribution in [2.45, 2.75) is 32.6 Å². The molecule has 0 N–H and O–H groups in total. The summed E-state index contributed by atoms with van der Waals surface area (Å²) in [4.78, 5) is 2.39. The number of hydrogen-bond donors (Lipinski definition) is 0. The Morgan fingerprint density at radius 3 is 2.10 bits per heavy atom. The Kier molecular flexibility index (Phi) is 6.88. The molecule has 0 radical (unpaired) electrons. The molecule has 0 spiro atoms. The lowest BCUT2D eigenvalue weighted by atomic mass is 10.2. The zero-order valence-electron chi connectivity index (χ0n) is 13.2. The van der Waals surface area contributed by atoms with Gasteiger partial charge in [0.15, 0.2) is 0 Å². The predicted octanol–water partition coefficient (Wildman–Crippen LogP) is 0.761. The van der Waals surface area contributed by atoms with Crippen LogP contribution in [0.15, 0.2) is 0 Å². The molecule has 124 valence electrons. The van der Waals surface area contributed by atoms with Gasteiger partial charge in [-0.1, -0.05) is 26.2 Å². The van der Waals surface area contributed by atoms with Crippen LogP contribution >= 0.6 is 0 Å². The quantitative estimate of drug-likeness (QED) is 0.650. The molecule has 0 saturated carbocycles. The monoisotopic (exact) mass is 319 g/mol. The van der Waals surface area contributed by atoms with Crippen LogP contribution < -0.4 is 0 Å². The summed E-state index contributed by atoms with van der Waals surface area (Å²) in [5.74, 6) is 0. The van der Waals surface area contributed by atoms with Crippen molar-refractivity contribution in [1.82, 2.24) is 13.5 Å². The van der Waals surface area contributed by atoms with Crippen molar-refractivity contribution in [3.63, 3.8) is 0 Å². The highest BCUT2D eigenvalue weighted by Crippen LogP contribution is 2.14. The lowest BCUT2D eigenvalue weighted by Gasteiger charge is -2.37. The maximum atomic E-state index is 12.5. The van der Waals surface area contributed by atoms with E-state index in [4.69, 9.17) is 4.74 Å². The molecule has 0 aromatic carbocycles. The SMILES string of the molecule is CCCCCCN1CCN(S(=O)(=O)N2CCOCC2)CC1. The number of rotatable bonds is 7. The normalized spacial score (nSPS) is 23.5. The highest BCUT2D eigenvalue weighted by atomic mass is 32.2. The van der Waals surface area contributed by atoms with E-state index in [1.54, 1.807) is 8.61 Å². The molecule has 2 rings (SSSR count). The van der Waals surface area contributed by atoms with Crippen LogP contribution in [0.3, 0.4) is 0 Å². The summed E-state index contributed by atoms with van der Waals surface area (Å²) in [6, 6.07) is 0. The van der Waals surface area contributed by atoms with Crippen LogP contribution in [-0.2, 0) is 14.9 Å². The van der Waals surface area contributed by atoms with Gasteiger partial charge in [0.25, 0.3) is 10.2 Å². The molecule has 2 saturated heterocycles. The fraction of sp³-hybridized carbons (Fsp3) is 1.00. The van der Waals surface area contributed by atoms with Crippen LogP contribution in [0.1, 0.15) is 32.6 Å². The van der Waals surface area contributed by atoms with Crippen molar-refractivity contribution >= 4 is 10.2 Å². The topological polar surface area (TPSA) is 53.1 Å². The summed E-state index contributed by atoms with van der Waals surface area (Å²) >= 11 is 0. The van der Waals surface area contributed by atoms with Crippen molar-refractivity contribution < 1.29 is 13.2 Å². The highest BCUT2D eigenvalue weighted by Gasteiger charge is 2.32. The van der Waals surface area contributed by atoms with Gasteiger partial charge in [0.1, 0.15) is 0 Å². The Morgan fingerprint density at radius 2 is 1.48 bits per heavy atom. The van der Waals surface area contributed by atoms with Gasteiger partial charge < -0.3 is 9.64 Å². The first-order chi connectivity index (χ1) is 10.1. The van der Waals surface area contributed by atoms with Crippen LogP contribution in [0.5, 0.6) is 0 Å². The average Bonchev–Trinajstić information content (AvgIpc) is 2.53. The van der Waals surface area contributed by atoms with Crippen LogP contribution in [0.4, 0.5) is 0 Å². The van der Waals surface area contributed by atoms with E-state index < -0.39 is 10.2 Å². The number of ether oxygens (including phenoxy) is 1. The Hall–Kier alpha value is -0.210. The van der Waals surface area contributed by atoms with E-state index in [0.29, 0.717) is 39.4 Å². The molecule has 2 heterocycles. The molecule has 7 heteroatoms. The molecule has 2 aliphatic rings. The summed E-state index contributed by atoms with van der Waals surface area (Å²) in [5.41, 5.74) is 0. The summed E-state index contributed by atoms with van der Waals surface area (Å²) in [5, 5.41) is 0. The fourth-order valence-corrected chi connectivity index (χ4v) is 4.45. The van der Waals surface area contributed by atoms with Gasteiger partial charge in [-0.25, -0.2) is 0 Å². The van der Waals surface area contributed by atoms with E-state index >= 15 is 0 Å². The maximum Gasteiger partial charge on any atom is 0.282 e.